The number of nitrogens with zero attached hydrogens (tertiary/aromatic N) is 4. The summed E-state index contributed by atoms with van der Waals surface area (Å²) < 4.78 is 3.21. The standard InChI is InChI=1S/C18H20N6O2/c1-12-7-9-19-24(12)13(2)17(25)20-14-5-4-6-15(11-14)21-18(26)16-8-10-23(3)22-16/h4-11,13H,1-3H3,(H,20,25)(H,21,26). The van der Waals surface area contributed by atoms with Gasteiger partial charge in [-0.2, -0.15) is 10.2 Å². The van der Waals surface area contributed by atoms with Crippen molar-refractivity contribution in [2.75, 3.05) is 10.6 Å². The van der Waals surface area contributed by atoms with Gasteiger partial charge in [-0.1, -0.05) is 6.07 Å². The summed E-state index contributed by atoms with van der Waals surface area (Å²) >= 11 is 0. The highest BCUT2D eigenvalue weighted by Crippen LogP contribution is 2.18. The molecule has 1 aromatic carbocycles. The Balaban J connectivity index is 1.68. The number of rotatable bonds is 5. The van der Waals surface area contributed by atoms with Gasteiger partial charge in [0, 0.05) is 36.5 Å². The third-order valence-corrected chi connectivity index (χ3v) is 3.95. The van der Waals surface area contributed by atoms with Crippen LogP contribution in [0.25, 0.3) is 0 Å². The average molecular weight is 352 g/mol. The summed E-state index contributed by atoms with van der Waals surface area (Å²) in [7, 11) is 1.75. The first-order valence-corrected chi connectivity index (χ1v) is 8.16. The summed E-state index contributed by atoms with van der Waals surface area (Å²) in [6.07, 6.45) is 3.36. The minimum atomic E-state index is -0.447. The zero-order chi connectivity index (χ0) is 18.7. The number of carbonyl (C=O) groups is 2. The quantitative estimate of drug-likeness (QED) is 0.737. The maximum absolute atomic E-state index is 12.4. The molecule has 0 bridgehead atoms. The second-order valence-electron chi connectivity index (χ2n) is 5.99. The fourth-order valence-corrected chi connectivity index (χ4v) is 2.55. The average Bonchev–Trinajstić information content (AvgIpc) is 3.23. The van der Waals surface area contributed by atoms with E-state index in [0.29, 0.717) is 17.1 Å². The van der Waals surface area contributed by atoms with Crippen molar-refractivity contribution in [1.29, 1.82) is 0 Å². The van der Waals surface area contributed by atoms with Gasteiger partial charge in [-0.15, -0.1) is 0 Å². The van der Waals surface area contributed by atoms with Gasteiger partial charge in [-0.25, -0.2) is 0 Å². The van der Waals surface area contributed by atoms with Crippen LogP contribution < -0.4 is 10.6 Å². The van der Waals surface area contributed by atoms with Gasteiger partial charge in [0.05, 0.1) is 0 Å². The van der Waals surface area contributed by atoms with E-state index in [2.05, 4.69) is 20.8 Å². The van der Waals surface area contributed by atoms with Crippen LogP contribution in [-0.4, -0.2) is 31.4 Å². The van der Waals surface area contributed by atoms with Crippen LogP contribution in [0.4, 0.5) is 11.4 Å². The minimum absolute atomic E-state index is 0.190. The van der Waals surface area contributed by atoms with Crippen molar-refractivity contribution < 1.29 is 9.59 Å². The molecule has 1 unspecified atom stereocenters. The molecule has 2 aromatic heterocycles. The summed E-state index contributed by atoms with van der Waals surface area (Å²) in [6.45, 7) is 3.67. The largest absolute Gasteiger partial charge is 0.324 e. The van der Waals surface area contributed by atoms with Gasteiger partial charge in [0.2, 0.25) is 5.91 Å². The number of aryl methyl sites for hydroxylation is 2. The molecule has 0 aliphatic heterocycles. The maximum Gasteiger partial charge on any atom is 0.276 e. The first kappa shape index (κ1) is 17.4. The molecule has 3 aromatic rings. The third kappa shape index (κ3) is 3.80. The molecule has 2 heterocycles. The monoisotopic (exact) mass is 352 g/mol. The van der Waals surface area contributed by atoms with Crippen LogP contribution in [-0.2, 0) is 11.8 Å². The normalized spacial score (nSPS) is 11.8. The van der Waals surface area contributed by atoms with Gasteiger partial charge in [0.25, 0.3) is 5.91 Å². The molecular weight excluding hydrogens is 332 g/mol. The Bertz CT molecular complexity index is 943. The lowest BCUT2D eigenvalue weighted by Crippen LogP contribution is -2.25. The zero-order valence-electron chi connectivity index (χ0n) is 14.8. The van der Waals surface area contributed by atoms with E-state index >= 15 is 0 Å². The first-order chi connectivity index (χ1) is 12.4. The molecule has 2 amide bonds. The lowest BCUT2D eigenvalue weighted by atomic mass is 10.2. The first-order valence-electron chi connectivity index (χ1n) is 8.16. The van der Waals surface area contributed by atoms with E-state index < -0.39 is 6.04 Å². The van der Waals surface area contributed by atoms with Crippen molar-refractivity contribution in [2.24, 2.45) is 7.05 Å². The summed E-state index contributed by atoms with van der Waals surface area (Å²) in [5.74, 6) is -0.500. The van der Waals surface area contributed by atoms with E-state index in [1.807, 2.05) is 13.0 Å². The van der Waals surface area contributed by atoms with E-state index in [1.54, 1.807) is 66.1 Å². The summed E-state index contributed by atoms with van der Waals surface area (Å²) in [4.78, 5) is 24.6. The maximum atomic E-state index is 12.4. The summed E-state index contributed by atoms with van der Waals surface area (Å²) in [5, 5.41) is 13.8. The van der Waals surface area contributed by atoms with Gasteiger partial charge in [0.15, 0.2) is 5.69 Å². The van der Waals surface area contributed by atoms with Gasteiger partial charge < -0.3 is 10.6 Å². The van der Waals surface area contributed by atoms with Crippen molar-refractivity contribution in [3.8, 4) is 0 Å². The number of benzene rings is 1. The molecule has 1 atom stereocenters. The fraction of sp³-hybridized carbons (Fsp3) is 0.222. The Kier molecular flexibility index (Phi) is 4.83. The SMILES string of the molecule is Cc1ccnn1C(C)C(=O)Nc1cccc(NC(=O)c2ccn(C)n2)c1. The number of amides is 2. The van der Waals surface area contributed by atoms with Gasteiger partial charge in [-0.05, 0) is 44.2 Å². The minimum Gasteiger partial charge on any atom is -0.324 e. The number of nitrogens with one attached hydrogen (secondary N) is 2. The van der Waals surface area contributed by atoms with Crippen LogP contribution in [0.15, 0.2) is 48.8 Å². The van der Waals surface area contributed by atoms with Crippen molar-refractivity contribution in [1.82, 2.24) is 19.6 Å². The predicted octanol–water partition coefficient (Wildman–Crippen LogP) is 2.38. The van der Waals surface area contributed by atoms with Crippen molar-refractivity contribution in [3.05, 3.63) is 60.2 Å². The molecule has 0 radical (unpaired) electrons. The van der Waals surface area contributed by atoms with E-state index in [9.17, 15) is 9.59 Å². The molecule has 0 aliphatic rings. The molecule has 0 saturated heterocycles. The van der Waals surface area contributed by atoms with Crippen molar-refractivity contribution in [2.45, 2.75) is 19.9 Å². The Labute approximate surface area is 150 Å². The van der Waals surface area contributed by atoms with E-state index in [0.717, 1.165) is 5.69 Å². The third-order valence-electron chi connectivity index (χ3n) is 3.95. The predicted molar refractivity (Wildman–Crippen MR) is 97.9 cm³/mol. The fourth-order valence-electron chi connectivity index (χ4n) is 2.55. The van der Waals surface area contributed by atoms with Gasteiger partial charge >= 0.3 is 0 Å². The molecule has 0 spiro atoms. The Morgan fingerprint density at radius 1 is 1.12 bits per heavy atom. The lowest BCUT2D eigenvalue weighted by molar-refractivity contribution is -0.119. The van der Waals surface area contributed by atoms with E-state index in [4.69, 9.17) is 0 Å². The summed E-state index contributed by atoms with van der Waals surface area (Å²) in [6, 6.07) is 9.99. The Hall–Kier alpha value is -3.42. The topological polar surface area (TPSA) is 93.8 Å². The second-order valence-corrected chi connectivity index (χ2v) is 5.99. The van der Waals surface area contributed by atoms with Gasteiger partial charge in [-0.3, -0.25) is 19.0 Å². The molecule has 0 aliphatic carbocycles. The Morgan fingerprint density at radius 3 is 2.46 bits per heavy atom. The highest BCUT2D eigenvalue weighted by molar-refractivity contribution is 6.03. The van der Waals surface area contributed by atoms with Crippen LogP contribution in [0.5, 0.6) is 0 Å². The van der Waals surface area contributed by atoms with Crippen LogP contribution >= 0.6 is 0 Å². The molecule has 8 heteroatoms. The highest BCUT2D eigenvalue weighted by Gasteiger charge is 2.17. The highest BCUT2D eigenvalue weighted by atomic mass is 16.2. The lowest BCUT2D eigenvalue weighted by Gasteiger charge is -2.15. The van der Waals surface area contributed by atoms with E-state index in [1.165, 1.54) is 0 Å². The van der Waals surface area contributed by atoms with Crippen LogP contribution in [0.1, 0.15) is 29.1 Å². The Morgan fingerprint density at radius 2 is 1.85 bits per heavy atom. The number of hydrogen-bond donors (Lipinski definition) is 2. The van der Waals surface area contributed by atoms with Gasteiger partial charge in [0.1, 0.15) is 6.04 Å². The number of aromatic nitrogens is 4. The molecule has 8 nitrogen and oxygen atoms in total. The molecule has 134 valence electrons. The van der Waals surface area contributed by atoms with Crippen LogP contribution in [0, 0.1) is 6.92 Å². The van der Waals surface area contributed by atoms with Crippen molar-refractivity contribution in [3.63, 3.8) is 0 Å². The molecule has 26 heavy (non-hydrogen) atoms. The van der Waals surface area contributed by atoms with E-state index in [-0.39, 0.29) is 11.8 Å². The molecule has 0 saturated carbocycles. The number of anilines is 2. The molecule has 0 fully saturated rings. The summed E-state index contributed by atoms with van der Waals surface area (Å²) in [5.41, 5.74) is 2.39. The van der Waals surface area contributed by atoms with Crippen molar-refractivity contribution >= 4 is 23.2 Å². The molecule has 3 rings (SSSR count). The van der Waals surface area contributed by atoms with Crippen LogP contribution in [0.3, 0.4) is 0 Å². The molecule has 2 N–H and O–H groups in total. The second kappa shape index (κ2) is 7.22. The smallest absolute Gasteiger partial charge is 0.276 e. The number of carbonyl (C=O) groups excluding carboxylic acids is 2. The number of hydrogen-bond acceptors (Lipinski definition) is 4. The molecular formula is C18H20N6O2. The zero-order valence-corrected chi connectivity index (χ0v) is 14.8. The van der Waals surface area contributed by atoms with Crippen LogP contribution in [0.2, 0.25) is 0 Å².